The number of aromatic hydroxyl groups is 1. The molecule has 8 nitrogen and oxygen atoms in total. The number of urea groups is 1. The number of amides is 2. The lowest BCUT2D eigenvalue weighted by Gasteiger charge is -2.10. The van der Waals surface area contributed by atoms with Crippen LogP contribution in [0.2, 0.25) is 0 Å². The quantitative estimate of drug-likeness (QED) is 0.158. The Bertz CT molecular complexity index is 1790. The lowest BCUT2D eigenvalue weighted by Crippen LogP contribution is -2.19. The molecule has 0 spiro atoms. The molecule has 0 unspecified atom stereocenters. The van der Waals surface area contributed by atoms with E-state index < -0.39 is 0 Å². The van der Waals surface area contributed by atoms with Gasteiger partial charge in [0.05, 0.1) is 5.39 Å². The smallest absolute Gasteiger partial charge is 0.323 e. The maximum absolute atomic E-state index is 12.3. The van der Waals surface area contributed by atoms with Gasteiger partial charge in [-0.15, -0.1) is 0 Å². The molecule has 8 heteroatoms. The van der Waals surface area contributed by atoms with E-state index >= 15 is 0 Å². The van der Waals surface area contributed by atoms with Crippen LogP contribution in [-0.4, -0.2) is 27.7 Å². The zero-order chi connectivity index (χ0) is 28.0. The Morgan fingerprint density at radius 2 is 1.44 bits per heavy atom. The molecule has 202 valence electrons. The Morgan fingerprint density at radius 1 is 0.756 bits per heavy atom. The van der Waals surface area contributed by atoms with E-state index in [-0.39, 0.29) is 11.8 Å². The predicted octanol–water partition coefficient (Wildman–Crippen LogP) is 7.56. The number of fused-ring (bicyclic) bond motifs is 1. The maximum Gasteiger partial charge on any atom is 0.323 e. The molecule has 2 amide bonds. The Kier molecular flexibility index (Phi) is 7.27. The van der Waals surface area contributed by atoms with Gasteiger partial charge in [-0.2, -0.15) is 0 Å². The third-order valence-corrected chi connectivity index (χ3v) is 6.61. The highest BCUT2D eigenvalue weighted by Gasteiger charge is 2.22. The number of phenolic OH excluding ortho intramolecular Hbond substituents is 1. The SMILES string of the molecule is O=C(Nc1ccccc1)Nc1ccc(CCNc2ncnc3oc(-c4ccccc4)c(-c4cccc(O)c4)c23)cc1. The van der Waals surface area contributed by atoms with E-state index in [9.17, 15) is 9.90 Å². The van der Waals surface area contributed by atoms with Crippen LogP contribution in [0.4, 0.5) is 22.0 Å². The van der Waals surface area contributed by atoms with Crippen molar-refractivity contribution >= 4 is 34.3 Å². The highest BCUT2D eigenvalue weighted by Crippen LogP contribution is 2.43. The lowest BCUT2D eigenvalue weighted by atomic mass is 9.99. The fourth-order valence-electron chi connectivity index (χ4n) is 4.69. The van der Waals surface area contributed by atoms with Crippen LogP contribution >= 0.6 is 0 Å². The molecular formula is C33H27N5O3. The Labute approximate surface area is 236 Å². The highest BCUT2D eigenvalue weighted by atomic mass is 16.3. The number of rotatable bonds is 8. The van der Waals surface area contributed by atoms with Gasteiger partial charge in [-0.25, -0.2) is 14.8 Å². The molecule has 0 aliphatic carbocycles. The Balaban J connectivity index is 1.19. The lowest BCUT2D eigenvalue weighted by molar-refractivity contribution is 0.262. The van der Waals surface area contributed by atoms with E-state index in [1.807, 2.05) is 91.0 Å². The second-order valence-electron chi connectivity index (χ2n) is 9.44. The van der Waals surface area contributed by atoms with Crippen molar-refractivity contribution in [2.24, 2.45) is 0 Å². The summed E-state index contributed by atoms with van der Waals surface area (Å²) < 4.78 is 6.25. The molecule has 0 atom stereocenters. The van der Waals surface area contributed by atoms with Crippen molar-refractivity contribution in [1.82, 2.24) is 9.97 Å². The number of benzene rings is 4. The van der Waals surface area contributed by atoms with Crippen molar-refractivity contribution in [3.63, 3.8) is 0 Å². The summed E-state index contributed by atoms with van der Waals surface area (Å²) in [5, 5.41) is 20.1. The van der Waals surface area contributed by atoms with Gasteiger partial charge < -0.3 is 25.5 Å². The van der Waals surface area contributed by atoms with Crippen molar-refractivity contribution in [2.45, 2.75) is 6.42 Å². The summed E-state index contributed by atoms with van der Waals surface area (Å²) in [5.74, 6) is 1.47. The summed E-state index contributed by atoms with van der Waals surface area (Å²) >= 11 is 0. The number of aromatic nitrogens is 2. The molecule has 2 aromatic heterocycles. The second kappa shape index (κ2) is 11.6. The number of para-hydroxylation sites is 1. The van der Waals surface area contributed by atoms with Gasteiger partial charge >= 0.3 is 6.03 Å². The average Bonchev–Trinajstić information content (AvgIpc) is 3.40. The first-order chi connectivity index (χ1) is 20.1. The van der Waals surface area contributed by atoms with E-state index in [0.29, 0.717) is 29.5 Å². The number of carbonyl (C=O) groups is 1. The number of hydrogen-bond donors (Lipinski definition) is 4. The monoisotopic (exact) mass is 541 g/mol. The van der Waals surface area contributed by atoms with Gasteiger partial charge in [-0.05, 0) is 53.9 Å². The summed E-state index contributed by atoms with van der Waals surface area (Å²) in [6.07, 6.45) is 2.21. The molecule has 4 aromatic carbocycles. The molecule has 41 heavy (non-hydrogen) atoms. The highest BCUT2D eigenvalue weighted by molar-refractivity contribution is 6.06. The first-order valence-electron chi connectivity index (χ1n) is 13.2. The van der Waals surface area contributed by atoms with Crippen LogP contribution in [0.15, 0.2) is 120 Å². The Morgan fingerprint density at radius 3 is 2.17 bits per heavy atom. The van der Waals surface area contributed by atoms with Crippen LogP contribution in [0.1, 0.15) is 5.56 Å². The van der Waals surface area contributed by atoms with Crippen LogP contribution in [0.5, 0.6) is 5.75 Å². The van der Waals surface area contributed by atoms with Crippen LogP contribution < -0.4 is 16.0 Å². The van der Waals surface area contributed by atoms with Crippen LogP contribution in [0.25, 0.3) is 33.6 Å². The number of anilines is 3. The van der Waals surface area contributed by atoms with E-state index in [4.69, 9.17) is 4.42 Å². The molecule has 6 rings (SSSR count). The van der Waals surface area contributed by atoms with Gasteiger partial charge in [0, 0.05) is 29.0 Å². The summed E-state index contributed by atoms with van der Waals surface area (Å²) in [5.41, 5.74) is 5.52. The summed E-state index contributed by atoms with van der Waals surface area (Å²) in [6.45, 7) is 0.610. The first kappa shape index (κ1) is 25.6. The number of carbonyl (C=O) groups excluding carboxylic acids is 1. The van der Waals surface area contributed by atoms with Crippen molar-refractivity contribution < 1.29 is 14.3 Å². The third-order valence-electron chi connectivity index (χ3n) is 6.61. The first-order valence-corrected chi connectivity index (χ1v) is 13.2. The van der Waals surface area contributed by atoms with Crippen molar-refractivity contribution in [1.29, 1.82) is 0 Å². The molecule has 0 fully saturated rings. The standard InChI is InChI=1S/C33H27N5O3/c39-27-13-7-10-24(20-27)28-29-31(35-21-36-32(29)41-30(28)23-8-3-1-4-9-23)34-19-18-22-14-16-26(17-15-22)38-33(40)37-25-11-5-2-6-12-25/h1-17,20-21,39H,18-19H2,(H,34,35,36)(H2,37,38,40). The average molecular weight is 542 g/mol. The largest absolute Gasteiger partial charge is 0.508 e. The van der Waals surface area contributed by atoms with Crippen LogP contribution in [0, 0.1) is 0 Å². The second-order valence-corrected chi connectivity index (χ2v) is 9.44. The number of hydrogen-bond acceptors (Lipinski definition) is 6. The van der Waals surface area contributed by atoms with Gasteiger partial charge in [0.15, 0.2) is 0 Å². The number of nitrogens with one attached hydrogen (secondary N) is 3. The van der Waals surface area contributed by atoms with E-state index in [0.717, 1.165) is 39.7 Å². The van der Waals surface area contributed by atoms with Crippen LogP contribution in [0.3, 0.4) is 0 Å². The third kappa shape index (κ3) is 5.86. The van der Waals surface area contributed by atoms with Crippen molar-refractivity contribution in [2.75, 3.05) is 22.5 Å². The van der Waals surface area contributed by atoms with Gasteiger partial charge in [0.1, 0.15) is 23.7 Å². The van der Waals surface area contributed by atoms with Gasteiger partial charge in [-0.3, -0.25) is 0 Å². The predicted molar refractivity (Wildman–Crippen MR) is 162 cm³/mol. The van der Waals surface area contributed by atoms with Crippen molar-refractivity contribution in [3.05, 3.63) is 121 Å². The topological polar surface area (TPSA) is 112 Å². The molecule has 2 heterocycles. The van der Waals surface area contributed by atoms with Gasteiger partial charge in [0.25, 0.3) is 0 Å². The zero-order valence-corrected chi connectivity index (χ0v) is 22.0. The zero-order valence-electron chi connectivity index (χ0n) is 22.0. The van der Waals surface area contributed by atoms with E-state index in [2.05, 4.69) is 25.9 Å². The molecule has 4 N–H and O–H groups in total. The minimum absolute atomic E-state index is 0.165. The molecule has 0 aliphatic rings. The molecule has 0 bridgehead atoms. The summed E-state index contributed by atoms with van der Waals surface area (Å²) in [7, 11) is 0. The summed E-state index contributed by atoms with van der Waals surface area (Å²) in [4.78, 5) is 21.2. The maximum atomic E-state index is 12.3. The molecule has 0 saturated heterocycles. The minimum Gasteiger partial charge on any atom is -0.508 e. The van der Waals surface area contributed by atoms with Crippen LogP contribution in [-0.2, 0) is 6.42 Å². The van der Waals surface area contributed by atoms with Gasteiger partial charge in [-0.1, -0.05) is 72.8 Å². The molecule has 0 aliphatic heterocycles. The number of phenols is 1. The molecule has 0 saturated carbocycles. The summed E-state index contributed by atoms with van der Waals surface area (Å²) in [6, 6.07) is 33.6. The normalized spacial score (nSPS) is 10.8. The molecule has 0 radical (unpaired) electrons. The number of nitrogens with zero attached hydrogens (tertiary/aromatic N) is 2. The van der Waals surface area contributed by atoms with Crippen molar-refractivity contribution in [3.8, 4) is 28.2 Å². The number of furan rings is 1. The van der Waals surface area contributed by atoms with Gasteiger partial charge in [0.2, 0.25) is 5.71 Å². The molecule has 6 aromatic rings. The fourth-order valence-corrected chi connectivity index (χ4v) is 4.69. The molecular weight excluding hydrogens is 514 g/mol. The van der Waals surface area contributed by atoms with E-state index in [1.54, 1.807) is 18.2 Å². The fraction of sp³-hybridized carbons (Fsp3) is 0.0606. The Hall–Kier alpha value is -5.63. The minimum atomic E-state index is -0.295. The van der Waals surface area contributed by atoms with E-state index in [1.165, 1.54) is 6.33 Å².